The van der Waals surface area contributed by atoms with Crippen molar-refractivity contribution in [3.63, 3.8) is 0 Å². The molecule has 0 aromatic heterocycles. The second-order valence-electron chi connectivity index (χ2n) is 3.67. The summed E-state index contributed by atoms with van der Waals surface area (Å²) in [6.45, 7) is 1.78. The molecule has 0 atom stereocenters. The van der Waals surface area contributed by atoms with Crippen molar-refractivity contribution in [3.05, 3.63) is 23.8 Å². The Morgan fingerprint density at radius 1 is 1.39 bits per heavy atom. The Morgan fingerprint density at radius 3 is 2.61 bits per heavy atom. The first-order valence-electron chi connectivity index (χ1n) is 5.30. The molecule has 1 aromatic carbocycles. The van der Waals surface area contributed by atoms with Crippen molar-refractivity contribution < 1.29 is 13.2 Å². The number of carbonyl (C=O) groups excluding carboxylic acids is 1. The highest BCUT2D eigenvalue weighted by Crippen LogP contribution is 2.20. The topological polar surface area (TPSA) is 75.3 Å². The van der Waals surface area contributed by atoms with E-state index in [-0.39, 0.29) is 23.1 Å². The van der Waals surface area contributed by atoms with Gasteiger partial charge in [0.15, 0.2) is 0 Å². The van der Waals surface area contributed by atoms with E-state index in [1.165, 1.54) is 19.2 Å². The summed E-state index contributed by atoms with van der Waals surface area (Å²) < 4.78 is 25.5. The zero-order valence-electron chi connectivity index (χ0n) is 10.2. The Labute approximate surface area is 112 Å². The standard InChI is InChI=1S/C11H15ClN2O3S/c1-8-3-4-9(18(16,17)13-2)7-10(8)14-11(15)5-6-12/h3-4,7,13H,5-6H2,1-2H3,(H,14,15). The van der Waals surface area contributed by atoms with Gasteiger partial charge in [-0.1, -0.05) is 6.07 Å². The van der Waals surface area contributed by atoms with Crippen molar-refractivity contribution in [3.8, 4) is 0 Å². The van der Waals surface area contributed by atoms with Gasteiger partial charge in [0.05, 0.1) is 4.90 Å². The molecule has 1 aromatic rings. The number of anilines is 1. The monoisotopic (exact) mass is 290 g/mol. The molecule has 0 fully saturated rings. The van der Waals surface area contributed by atoms with E-state index in [9.17, 15) is 13.2 Å². The van der Waals surface area contributed by atoms with E-state index in [0.29, 0.717) is 5.69 Å². The maximum Gasteiger partial charge on any atom is 0.240 e. The first kappa shape index (κ1) is 14.9. The van der Waals surface area contributed by atoms with Crippen LogP contribution in [0.5, 0.6) is 0 Å². The number of alkyl halides is 1. The van der Waals surface area contributed by atoms with Crippen LogP contribution in [0.4, 0.5) is 5.69 Å². The minimum Gasteiger partial charge on any atom is -0.326 e. The van der Waals surface area contributed by atoms with Gasteiger partial charge in [-0.2, -0.15) is 0 Å². The van der Waals surface area contributed by atoms with Gasteiger partial charge in [-0.3, -0.25) is 4.79 Å². The maximum atomic E-state index is 11.6. The summed E-state index contributed by atoms with van der Waals surface area (Å²) in [5.74, 6) is -0.0218. The van der Waals surface area contributed by atoms with E-state index < -0.39 is 10.0 Å². The summed E-state index contributed by atoms with van der Waals surface area (Å²) in [6.07, 6.45) is 0.185. The molecule has 0 aliphatic heterocycles. The van der Waals surface area contributed by atoms with Crippen LogP contribution >= 0.6 is 11.6 Å². The third-order valence-corrected chi connectivity index (χ3v) is 3.98. The molecule has 0 spiro atoms. The largest absolute Gasteiger partial charge is 0.326 e. The predicted molar refractivity (Wildman–Crippen MR) is 71.4 cm³/mol. The number of sulfonamides is 1. The molecule has 0 bridgehead atoms. The quantitative estimate of drug-likeness (QED) is 0.807. The molecule has 0 aliphatic carbocycles. The zero-order chi connectivity index (χ0) is 13.8. The van der Waals surface area contributed by atoms with Crippen LogP contribution in [-0.4, -0.2) is 27.3 Å². The van der Waals surface area contributed by atoms with Crippen molar-refractivity contribution in [1.29, 1.82) is 0 Å². The number of benzene rings is 1. The Kier molecular flexibility index (Phi) is 5.13. The van der Waals surface area contributed by atoms with Gasteiger partial charge in [-0.05, 0) is 31.7 Å². The first-order valence-corrected chi connectivity index (χ1v) is 7.32. The second kappa shape index (κ2) is 6.17. The number of carbonyl (C=O) groups is 1. The Morgan fingerprint density at radius 2 is 2.06 bits per heavy atom. The van der Waals surface area contributed by atoms with Gasteiger partial charge >= 0.3 is 0 Å². The first-order chi connectivity index (χ1) is 8.40. The molecule has 7 heteroatoms. The smallest absolute Gasteiger partial charge is 0.240 e. The molecule has 0 radical (unpaired) electrons. The molecule has 100 valence electrons. The van der Waals surface area contributed by atoms with Crippen LogP contribution in [0.2, 0.25) is 0 Å². The minimum atomic E-state index is -3.51. The van der Waals surface area contributed by atoms with E-state index in [2.05, 4.69) is 10.0 Å². The van der Waals surface area contributed by atoms with Crippen molar-refractivity contribution in [2.75, 3.05) is 18.2 Å². The summed E-state index contributed by atoms with van der Waals surface area (Å²) in [5.41, 5.74) is 1.26. The lowest BCUT2D eigenvalue weighted by Gasteiger charge is -2.10. The lowest BCUT2D eigenvalue weighted by molar-refractivity contribution is -0.115. The molecule has 0 unspecified atom stereocenters. The van der Waals surface area contributed by atoms with Gasteiger partial charge < -0.3 is 5.32 Å². The molecular formula is C11H15ClN2O3S. The molecule has 0 saturated carbocycles. The summed E-state index contributed by atoms with van der Waals surface area (Å²) in [6, 6.07) is 4.55. The Bertz CT molecular complexity index is 543. The second-order valence-corrected chi connectivity index (χ2v) is 5.94. The van der Waals surface area contributed by atoms with Crippen molar-refractivity contribution in [1.82, 2.24) is 4.72 Å². The van der Waals surface area contributed by atoms with Crippen molar-refractivity contribution in [2.45, 2.75) is 18.2 Å². The van der Waals surface area contributed by atoms with Gasteiger partial charge in [0.1, 0.15) is 0 Å². The van der Waals surface area contributed by atoms with E-state index in [0.717, 1.165) is 5.56 Å². The average Bonchev–Trinajstić information content (AvgIpc) is 2.32. The molecular weight excluding hydrogens is 276 g/mol. The van der Waals surface area contributed by atoms with E-state index in [4.69, 9.17) is 11.6 Å². The number of halogens is 1. The van der Waals surface area contributed by atoms with E-state index in [1.54, 1.807) is 13.0 Å². The lowest BCUT2D eigenvalue weighted by Crippen LogP contribution is -2.19. The Balaban J connectivity index is 3.06. The Hall–Kier alpha value is -1.11. The van der Waals surface area contributed by atoms with Crippen LogP contribution in [0.1, 0.15) is 12.0 Å². The fourth-order valence-electron chi connectivity index (χ4n) is 1.32. The van der Waals surface area contributed by atoms with Crippen LogP contribution in [0, 0.1) is 6.92 Å². The molecule has 0 heterocycles. The van der Waals surface area contributed by atoms with Gasteiger partial charge in [-0.25, -0.2) is 13.1 Å². The number of hydrogen-bond donors (Lipinski definition) is 2. The number of amides is 1. The SMILES string of the molecule is CNS(=O)(=O)c1ccc(C)c(NC(=O)CCCl)c1. The maximum absolute atomic E-state index is 11.6. The highest BCUT2D eigenvalue weighted by atomic mass is 35.5. The third kappa shape index (κ3) is 3.69. The predicted octanol–water partition coefficient (Wildman–Crippen LogP) is 1.47. The molecule has 0 aliphatic rings. The molecule has 0 saturated heterocycles. The van der Waals surface area contributed by atoms with Gasteiger partial charge in [0, 0.05) is 18.0 Å². The molecule has 2 N–H and O–H groups in total. The summed E-state index contributed by atoms with van der Waals surface area (Å²) in [4.78, 5) is 11.5. The van der Waals surface area contributed by atoms with Crippen molar-refractivity contribution in [2.24, 2.45) is 0 Å². The summed E-state index contributed by atoms with van der Waals surface area (Å²) in [5, 5.41) is 2.63. The molecule has 5 nitrogen and oxygen atoms in total. The lowest BCUT2D eigenvalue weighted by atomic mass is 10.2. The highest BCUT2D eigenvalue weighted by Gasteiger charge is 2.13. The number of hydrogen-bond acceptors (Lipinski definition) is 3. The minimum absolute atomic E-state index is 0.108. The normalized spacial score (nSPS) is 11.3. The van der Waals surface area contributed by atoms with Crippen molar-refractivity contribution >= 4 is 33.2 Å². The molecule has 18 heavy (non-hydrogen) atoms. The number of aryl methyl sites for hydroxylation is 1. The fourth-order valence-corrected chi connectivity index (χ4v) is 2.25. The molecule has 1 amide bonds. The van der Waals surface area contributed by atoms with Crippen LogP contribution in [0.3, 0.4) is 0 Å². The van der Waals surface area contributed by atoms with Crippen LogP contribution < -0.4 is 10.0 Å². The van der Waals surface area contributed by atoms with Gasteiger partial charge in [-0.15, -0.1) is 11.6 Å². The summed E-state index contributed by atoms with van der Waals surface area (Å²) in [7, 11) is -2.18. The highest BCUT2D eigenvalue weighted by molar-refractivity contribution is 7.89. The van der Waals surface area contributed by atoms with Crippen LogP contribution in [-0.2, 0) is 14.8 Å². The van der Waals surface area contributed by atoms with Crippen LogP contribution in [0.15, 0.2) is 23.1 Å². The van der Waals surface area contributed by atoms with Gasteiger partial charge in [0.2, 0.25) is 15.9 Å². The fraction of sp³-hybridized carbons (Fsp3) is 0.364. The third-order valence-electron chi connectivity index (χ3n) is 2.38. The van der Waals surface area contributed by atoms with Gasteiger partial charge in [0.25, 0.3) is 0 Å². The average molecular weight is 291 g/mol. The number of rotatable bonds is 5. The van der Waals surface area contributed by atoms with E-state index in [1.807, 2.05) is 0 Å². The summed E-state index contributed by atoms with van der Waals surface area (Å²) >= 11 is 5.46. The van der Waals surface area contributed by atoms with E-state index >= 15 is 0 Å². The molecule has 1 rings (SSSR count). The van der Waals surface area contributed by atoms with Crippen LogP contribution in [0.25, 0.3) is 0 Å². The number of nitrogens with one attached hydrogen (secondary N) is 2. The zero-order valence-corrected chi connectivity index (χ0v) is 11.7.